The van der Waals surface area contributed by atoms with E-state index < -0.39 is 67.0 Å². The number of rotatable bonds is 6. The topological polar surface area (TPSA) is 112 Å². The van der Waals surface area contributed by atoms with E-state index >= 15 is 0 Å². The SMILES string of the molecule is CC(Oc1nc(Oc2c(Cl)cc(C(F)(F)F)c(Cl)c2Cl)ccc1[N+](=O)[O-])C(=O)O. The number of carboxylic acid groups (broad SMARTS) is 1. The second kappa shape index (κ2) is 8.47. The number of aromatic nitrogens is 1. The maximum absolute atomic E-state index is 12.9. The van der Waals surface area contributed by atoms with Crippen LogP contribution in [0.1, 0.15) is 12.5 Å². The van der Waals surface area contributed by atoms with E-state index in [1.54, 1.807) is 0 Å². The molecule has 0 aliphatic heterocycles. The van der Waals surface area contributed by atoms with Gasteiger partial charge in [-0.15, -0.1) is 0 Å². The van der Waals surface area contributed by atoms with Crippen LogP contribution in [0.4, 0.5) is 18.9 Å². The first-order valence-corrected chi connectivity index (χ1v) is 8.43. The third-order valence-corrected chi connectivity index (χ3v) is 4.41. The molecule has 156 valence electrons. The third-order valence-electron chi connectivity index (χ3n) is 3.28. The minimum Gasteiger partial charge on any atom is -0.479 e. The highest BCUT2D eigenvalue weighted by molar-refractivity contribution is 6.45. The summed E-state index contributed by atoms with van der Waals surface area (Å²) in [5, 5.41) is 17.8. The van der Waals surface area contributed by atoms with Gasteiger partial charge in [0.15, 0.2) is 11.9 Å². The first kappa shape index (κ1) is 22.8. The number of hydrogen-bond donors (Lipinski definition) is 1. The van der Waals surface area contributed by atoms with Gasteiger partial charge in [-0.05, 0) is 13.0 Å². The lowest BCUT2D eigenvalue weighted by Gasteiger charge is -2.15. The van der Waals surface area contributed by atoms with Gasteiger partial charge in [-0.3, -0.25) is 10.1 Å². The Hall–Kier alpha value is -2.50. The molecule has 0 bridgehead atoms. The quantitative estimate of drug-likeness (QED) is 0.328. The molecule has 1 atom stereocenters. The first-order valence-electron chi connectivity index (χ1n) is 7.30. The number of hydrogen-bond acceptors (Lipinski definition) is 6. The fraction of sp³-hybridized carbons (Fsp3) is 0.200. The molecule has 0 aliphatic carbocycles. The van der Waals surface area contributed by atoms with Crippen molar-refractivity contribution >= 4 is 46.5 Å². The van der Waals surface area contributed by atoms with Gasteiger partial charge in [0.1, 0.15) is 5.02 Å². The highest BCUT2D eigenvalue weighted by Crippen LogP contribution is 2.47. The number of pyridine rings is 1. The van der Waals surface area contributed by atoms with Crippen LogP contribution in [-0.2, 0) is 11.0 Å². The number of carbonyl (C=O) groups is 1. The summed E-state index contributed by atoms with van der Waals surface area (Å²) in [5.74, 6) is -3.05. The van der Waals surface area contributed by atoms with Crippen LogP contribution >= 0.6 is 34.8 Å². The minimum absolute atomic E-state index is 0.428. The van der Waals surface area contributed by atoms with Crippen LogP contribution in [0.3, 0.4) is 0 Å². The summed E-state index contributed by atoms with van der Waals surface area (Å²) in [6.45, 7) is 1.10. The number of benzene rings is 1. The summed E-state index contributed by atoms with van der Waals surface area (Å²) in [6.07, 6.45) is -6.33. The van der Waals surface area contributed by atoms with Gasteiger partial charge in [-0.1, -0.05) is 34.8 Å². The van der Waals surface area contributed by atoms with Crippen LogP contribution in [0, 0.1) is 10.1 Å². The number of halogens is 6. The van der Waals surface area contributed by atoms with Crippen LogP contribution in [0.5, 0.6) is 17.5 Å². The van der Waals surface area contributed by atoms with Crippen molar-refractivity contribution < 1.29 is 37.5 Å². The van der Waals surface area contributed by atoms with Gasteiger partial charge in [0, 0.05) is 12.1 Å². The molecule has 0 amide bonds. The van der Waals surface area contributed by atoms with Gasteiger partial charge >= 0.3 is 17.8 Å². The molecule has 0 radical (unpaired) electrons. The Kier molecular flexibility index (Phi) is 6.66. The highest BCUT2D eigenvalue weighted by Gasteiger charge is 2.36. The number of alkyl halides is 3. The van der Waals surface area contributed by atoms with E-state index in [9.17, 15) is 28.1 Å². The lowest BCUT2D eigenvalue weighted by Crippen LogP contribution is -2.23. The molecule has 14 heteroatoms. The van der Waals surface area contributed by atoms with Crippen LogP contribution in [-0.4, -0.2) is 27.1 Å². The molecule has 0 fully saturated rings. The molecule has 0 aliphatic rings. The maximum atomic E-state index is 12.9. The molecule has 0 spiro atoms. The molecule has 1 aromatic heterocycles. The Balaban J connectivity index is 2.48. The molecule has 1 unspecified atom stereocenters. The fourth-order valence-electron chi connectivity index (χ4n) is 1.90. The predicted octanol–water partition coefficient (Wildman–Crippen LogP) is 5.61. The van der Waals surface area contributed by atoms with E-state index in [4.69, 9.17) is 49.4 Å². The normalized spacial score (nSPS) is 12.4. The van der Waals surface area contributed by atoms with Gasteiger partial charge in [0.05, 0.1) is 20.5 Å². The van der Waals surface area contributed by atoms with E-state index in [0.717, 1.165) is 19.1 Å². The van der Waals surface area contributed by atoms with Gasteiger partial charge in [0.2, 0.25) is 5.88 Å². The number of aliphatic carboxylic acids is 1. The Morgan fingerprint density at radius 2 is 1.90 bits per heavy atom. The standard InChI is InChI=1S/C15H8Cl3F3N2O6/c1-5(14(24)25)28-13-8(23(26)27)2-3-9(22-13)29-12-7(16)4-6(15(19,20)21)10(17)11(12)18/h2-5H,1H3,(H,24,25). The van der Waals surface area contributed by atoms with Gasteiger partial charge in [0.25, 0.3) is 5.88 Å². The Bertz CT molecular complexity index is 987. The van der Waals surface area contributed by atoms with E-state index in [0.29, 0.717) is 6.07 Å². The van der Waals surface area contributed by atoms with Crippen molar-refractivity contribution in [2.45, 2.75) is 19.2 Å². The molecule has 1 aromatic carbocycles. The molecule has 0 saturated carbocycles. The molecule has 2 aromatic rings. The van der Waals surface area contributed by atoms with Crippen molar-refractivity contribution in [2.24, 2.45) is 0 Å². The van der Waals surface area contributed by atoms with Crippen LogP contribution < -0.4 is 9.47 Å². The van der Waals surface area contributed by atoms with Gasteiger partial charge in [-0.25, -0.2) is 4.79 Å². The van der Waals surface area contributed by atoms with Crippen molar-refractivity contribution in [1.29, 1.82) is 0 Å². The van der Waals surface area contributed by atoms with Crippen molar-refractivity contribution in [1.82, 2.24) is 4.98 Å². The zero-order valence-corrected chi connectivity index (χ0v) is 16.2. The van der Waals surface area contributed by atoms with Crippen LogP contribution in [0.2, 0.25) is 15.1 Å². The van der Waals surface area contributed by atoms with E-state index in [-0.39, 0.29) is 0 Å². The Morgan fingerprint density at radius 3 is 2.41 bits per heavy atom. The van der Waals surface area contributed by atoms with Crippen molar-refractivity contribution in [3.8, 4) is 17.5 Å². The lowest BCUT2D eigenvalue weighted by atomic mass is 10.2. The zero-order chi connectivity index (χ0) is 22.1. The van der Waals surface area contributed by atoms with Crippen molar-refractivity contribution in [2.75, 3.05) is 0 Å². The number of ether oxygens (including phenoxy) is 2. The monoisotopic (exact) mass is 474 g/mol. The van der Waals surface area contributed by atoms with Crippen LogP contribution in [0.15, 0.2) is 18.2 Å². The molecule has 2 rings (SSSR count). The van der Waals surface area contributed by atoms with Gasteiger partial charge in [-0.2, -0.15) is 18.2 Å². The number of nitrogens with zero attached hydrogens (tertiary/aromatic N) is 2. The summed E-state index contributed by atoms with van der Waals surface area (Å²) in [6, 6.07) is 2.36. The molecule has 8 nitrogen and oxygen atoms in total. The average Bonchev–Trinajstić information content (AvgIpc) is 2.60. The third kappa shape index (κ3) is 5.11. The molecule has 0 saturated heterocycles. The summed E-state index contributed by atoms with van der Waals surface area (Å²) in [7, 11) is 0. The van der Waals surface area contributed by atoms with Crippen molar-refractivity contribution in [3.05, 3.63) is 48.9 Å². The maximum Gasteiger partial charge on any atom is 0.417 e. The van der Waals surface area contributed by atoms with Gasteiger partial charge < -0.3 is 14.6 Å². The second-order valence-electron chi connectivity index (χ2n) is 5.29. The number of nitro groups is 1. The molecular formula is C15H8Cl3F3N2O6. The fourth-order valence-corrected chi connectivity index (χ4v) is 2.68. The summed E-state index contributed by atoms with van der Waals surface area (Å²) in [4.78, 5) is 24.7. The minimum atomic E-state index is -4.83. The zero-order valence-electron chi connectivity index (χ0n) is 14.0. The smallest absolute Gasteiger partial charge is 0.417 e. The summed E-state index contributed by atoms with van der Waals surface area (Å²) < 4.78 is 49.0. The van der Waals surface area contributed by atoms with Crippen molar-refractivity contribution in [3.63, 3.8) is 0 Å². The largest absolute Gasteiger partial charge is 0.479 e. The summed E-state index contributed by atoms with van der Waals surface area (Å²) in [5.41, 5.74) is -1.97. The Morgan fingerprint density at radius 1 is 1.28 bits per heavy atom. The molecular weight excluding hydrogens is 468 g/mol. The first-order chi connectivity index (χ1) is 13.3. The van der Waals surface area contributed by atoms with E-state index in [2.05, 4.69) is 4.98 Å². The number of carboxylic acids is 1. The second-order valence-corrected chi connectivity index (χ2v) is 6.46. The van der Waals surface area contributed by atoms with Crippen LogP contribution in [0.25, 0.3) is 0 Å². The lowest BCUT2D eigenvalue weighted by molar-refractivity contribution is -0.386. The van der Waals surface area contributed by atoms with E-state index in [1.165, 1.54) is 0 Å². The molecule has 29 heavy (non-hydrogen) atoms. The van der Waals surface area contributed by atoms with E-state index in [1.807, 2.05) is 0 Å². The molecule has 1 N–H and O–H groups in total. The summed E-state index contributed by atoms with van der Waals surface area (Å²) >= 11 is 17.3. The Labute approximate surface area is 174 Å². The molecule has 1 heterocycles. The highest BCUT2D eigenvalue weighted by atomic mass is 35.5. The average molecular weight is 476 g/mol. The predicted molar refractivity (Wildman–Crippen MR) is 95.2 cm³/mol.